The van der Waals surface area contributed by atoms with Crippen LogP contribution in [0.4, 0.5) is 0 Å². The molecule has 1 aromatic carbocycles. The Hall–Kier alpha value is -0.950. The van der Waals surface area contributed by atoms with Gasteiger partial charge in [0.25, 0.3) is 0 Å². The molecule has 1 aromatic rings. The van der Waals surface area contributed by atoms with Gasteiger partial charge in [0.05, 0.1) is 11.5 Å². The SMILES string of the molecule is CCN1C[C@@H](COC)[C@]2(CCN(S(=O)(=O)c3ccccc3C)C2)C1. The normalized spacial score (nSPS) is 28.9. The minimum atomic E-state index is -3.42. The smallest absolute Gasteiger partial charge is 0.243 e. The Morgan fingerprint density at radius 1 is 1.29 bits per heavy atom. The first-order chi connectivity index (χ1) is 11.4. The second-order valence-corrected chi connectivity index (χ2v) is 9.10. The van der Waals surface area contributed by atoms with Crippen LogP contribution in [0, 0.1) is 18.3 Å². The van der Waals surface area contributed by atoms with Crippen LogP contribution >= 0.6 is 0 Å². The van der Waals surface area contributed by atoms with Gasteiger partial charge in [0.1, 0.15) is 0 Å². The molecule has 2 saturated heterocycles. The summed E-state index contributed by atoms with van der Waals surface area (Å²) < 4.78 is 33.3. The molecule has 2 fully saturated rings. The Kier molecular flexibility index (Phi) is 5.02. The van der Waals surface area contributed by atoms with Crippen LogP contribution in [0.3, 0.4) is 0 Å². The summed E-state index contributed by atoms with van der Waals surface area (Å²) in [5.41, 5.74) is 0.843. The maximum absolute atomic E-state index is 13.1. The molecule has 0 bridgehead atoms. The number of sulfonamides is 1. The maximum Gasteiger partial charge on any atom is 0.243 e. The summed E-state index contributed by atoms with van der Waals surface area (Å²) in [6.45, 7) is 8.92. The highest BCUT2D eigenvalue weighted by Gasteiger charge is 2.52. The number of benzene rings is 1. The molecule has 1 spiro atoms. The van der Waals surface area contributed by atoms with Crippen molar-refractivity contribution in [3.05, 3.63) is 29.8 Å². The number of rotatable bonds is 5. The first-order valence-electron chi connectivity index (χ1n) is 8.70. The summed E-state index contributed by atoms with van der Waals surface area (Å²) in [4.78, 5) is 2.86. The molecule has 0 N–H and O–H groups in total. The lowest BCUT2D eigenvalue weighted by Gasteiger charge is -2.30. The van der Waals surface area contributed by atoms with Crippen molar-refractivity contribution in [3.63, 3.8) is 0 Å². The number of aryl methyl sites for hydroxylation is 1. The molecule has 2 heterocycles. The van der Waals surface area contributed by atoms with Gasteiger partial charge in [-0.15, -0.1) is 0 Å². The van der Waals surface area contributed by atoms with Crippen LogP contribution in [0.5, 0.6) is 0 Å². The van der Waals surface area contributed by atoms with E-state index in [1.807, 2.05) is 19.1 Å². The van der Waals surface area contributed by atoms with E-state index in [1.165, 1.54) is 0 Å². The largest absolute Gasteiger partial charge is 0.384 e. The molecule has 134 valence electrons. The molecule has 0 radical (unpaired) electrons. The highest BCUT2D eigenvalue weighted by Crippen LogP contribution is 2.45. The van der Waals surface area contributed by atoms with E-state index < -0.39 is 10.0 Å². The molecule has 0 aromatic heterocycles. The first kappa shape index (κ1) is 17.9. The van der Waals surface area contributed by atoms with E-state index in [1.54, 1.807) is 23.5 Å². The summed E-state index contributed by atoms with van der Waals surface area (Å²) in [6.07, 6.45) is 0.919. The van der Waals surface area contributed by atoms with Crippen LogP contribution in [-0.4, -0.2) is 64.1 Å². The van der Waals surface area contributed by atoms with Crippen molar-refractivity contribution in [2.75, 3.05) is 46.4 Å². The van der Waals surface area contributed by atoms with Gasteiger partial charge in [-0.05, 0) is 31.5 Å². The van der Waals surface area contributed by atoms with Crippen LogP contribution < -0.4 is 0 Å². The third-order valence-corrected chi connectivity index (χ3v) is 7.77. The highest BCUT2D eigenvalue weighted by atomic mass is 32.2. The summed E-state index contributed by atoms with van der Waals surface area (Å²) in [5, 5.41) is 0. The summed E-state index contributed by atoms with van der Waals surface area (Å²) >= 11 is 0. The zero-order valence-electron chi connectivity index (χ0n) is 14.9. The fourth-order valence-corrected chi connectivity index (χ4v) is 6.09. The molecule has 5 nitrogen and oxygen atoms in total. The second kappa shape index (κ2) is 6.75. The van der Waals surface area contributed by atoms with Gasteiger partial charge in [0.15, 0.2) is 0 Å². The van der Waals surface area contributed by atoms with Gasteiger partial charge in [0.2, 0.25) is 10.0 Å². The zero-order chi connectivity index (χ0) is 17.4. The van der Waals surface area contributed by atoms with E-state index in [0.29, 0.717) is 30.5 Å². The topological polar surface area (TPSA) is 49.9 Å². The average molecular weight is 353 g/mol. The van der Waals surface area contributed by atoms with E-state index >= 15 is 0 Å². The highest BCUT2D eigenvalue weighted by molar-refractivity contribution is 7.89. The summed E-state index contributed by atoms with van der Waals surface area (Å²) in [6, 6.07) is 7.26. The van der Waals surface area contributed by atoms with Crippen molar-refractivity contribution in [3.8, 4) is 0 Å². The minimum absolute atomic E-state index is 0.0295. The monoisotopic (exact) mass is 352 g/mol. The molecule has 0 amide bonds. The van der Waals surface area contributed by atoms with E-state index in [0.717, 1.165) is 31.6 Å². The van der Waals surface area contributed by atoms with Crippen LogP contribution in [0.15, 0.2) is 29.2 Å². The average Bonchev–Trinajstić information content (AvgIpc) is 3.14. The summed E-state index contributed by atoms with van der Waals surface area (Å²) in [5.74, 6) is 0.402. The van der Waals surface area contributed by atoms with Gasteiger partial charge < -0.3 is 9.64 Å². The van der Waals surface area contributed by atoms with Crippen LogP contribution in [-0.2, 0) is 14.8 Å². The van der Waals surface area contributed by atoms with Gasteiger partial charge in [-0.3, -0.25) is 0 Å². The first-order valence-corrected chi connectivity index (χ1v) is 10.1. The molecule has 6 heteroatoms. The number of ether oxygens (including phenoxy) is 1. The fraction of sp³-hybridized carbons (Fsp3) is 0.667. The van der Waals surface area contributed by atoms with Crippen molar-refractivity contribution < 1.29 is 13.2 Å². The van der Waals surface area contributed by atoms with E-state index in [4.69, 9.17) is 4.74 Å². The number of methoxy groups -OCH3 is 1. The standard InChI is InChI=1S/C18H28N2O3S/c1-4-19-11-16(12-23-3)18(13-19)9-10-20(14-18)24(21,22)17-8-6-5-7-15(17)2/h5-8,16H,4,9-14H2,1-3H3/t16-,18+/m0/s1. The molecular weight excluding hydrogens is 324 g/mol. The minimum Gasteiger partial charge on any atom is -0.384 e. The Balaban J connectivity index is 1.85. The van der Waals surface area contributed by atoms with Crippen molar-refractivity contribution in [1.29, 1.82) is 0 Å². The Labute approximate surface area is 145 Å². The third kappa shape index (κ3) is 3.01. The van der Waals surface area contributed by atoms with Crippen LogP contribution in [0.1, 0.15) is 18.9 Å². The quantitative estimate of drug-likeness (QED) is 0.813. The fourth-order valence-electron chi connectivity index (χ4n) is 4.32. The number of nitrogens with zero attached hydrogens (tertiary/aromatic N) is 2. The van der Waals surface area contributed by atoms with E-state index in [9.17, 15) is 8.42 Å². The van der Waals surface area contributed by atoms with Gasteiger partial charge in [0, 0.05) is 44.6 Å². The van der Waals surface area contributed by atoms with Crippen LogP contribution in [0.25, 0.3) is 0 Å². The lowest BCUT2D eigenvalue weighted by atomic mass is 9.78. The number of hydrogen-bond donors (Lipinski definition) is 0. The number of hydrogen-bond acceptors (Lipinski definition) is 4. The Bertz CT molecular complexity index is 691. The van der Waals surface area contributed by atoms with Crippen molar-refractivity contribution in [2.45, 2.75) is 25.2 Å². The van der Waals surface area contributed by atoms with E-state index in [2.05, 4.69) is 11.8 Å². The molecule has 0 unspecified atom stereocenters. The van der Waals surface area contributed by atoms with Gasteiger partial charge in [-0.25, -0.2) is 8.42 Å². The molecule has 0 saturated carbocycles. The Morgan fingerprint density at radius 3 is 2.71 bits per heavy atom. The lowest BCUT2D eigenvalue weighted by Crippen LogP contribution is -2.38. The second-order valence-electron chi connectivity index (χ2n) is 7.20. The third-order valence-electron chi connectivity index (χ3n) is 5.76. The van der Waals surface area contributed by atoms with Gasteiger partial charge in [-0.1, -0.05) is 25.1 Å². The molecule has 0 aliphatic carbocycles. The molecule has 3 rings (SSSR count). The molecule has 2 aliphatic heterocycles. The zero-order valence-corrected chi connectivity index (χ0v) is 15.7. The predicted molar refractivity (Wildman–Crippen MR) is 94.5 cm³/mol. The number of likely N-dealkylation sites (tertiary alicyclic amines) is 1. The molecule has 24 heavy (non-hydrogen) atoms. The van der Waals surface area contributed by atoms with Crippen molar-refractivity contribution in [2.24, 2.45) is 11.3 Å². The van der Waals surface area contributed by atoms with Crippen molar-refractivity contribution in [1.82, 2.24) is 9.21 Å². The van der Waals surface area contributed by atoms with Crippen molar-refractivity contribution >= 4 is 10.0 Å². The van der Waals surface area contributed by atoms with Gasteiger partial charge >= 0.3 is 0 Å². The van der Waals surface area contributed by atoms with Crippen LogP contribution in [0.2, 0.25) is 0 Å². The molecular formula is C18H28N2O3S. The summed E-state index contributed by atoms with van der Waals surface area (Å²) in [7, 11) is -1.69. The van der Waals surface area contributed by atoms with E-state index in [-0.39, 0.29) is 5.41 Å². The predicted octanol–water partition coefficient (Wildman–Crippen LogP) is 1.97. The Morgan fingerprint density at radius 2 is 2.04 bits per heavy atom. The molecule has 2 aliphatic rings. The van der Waals surface area contributed by atoms with Gasteiger partial charge in [-0.2, -0.15) is 4.31 Å². The lowest BCUT2D eigenvalue weighted by molar-refractivity contribution is 0.101. The molecule has 2 atom stereocenters. The maximum atomic E-state index is 13.1.